The summed E-state index contributed by atoms with van der Waals surface area (Å²) in [6.45, 7) is 3.21. The van der Waals surface area contributed by atoms with Gasteiger partial charge in [-0.05, 0) is 38.1 Å². The minimum absolute atomic E-state index is 0.106. The molecular formula is C19H21N3O7. The maximum absolute atomic E-state index is 12.4. The van der Waals surface area contributed by atoms with Crippen LogP contribution in [0.2, 0.25) is 0 Å². The quantitative estimate of drug-likeness (QED) is 0.171. The zero-order chi connectivity index (χ0) is 21.6. The number of ketones is 1. The predicted octanol–water partition coefficient (Wildman–Crippen LogP) is 1.14. The third-order valence-electron chi connectivity index (χ3n) is 4.07. The molecule has 10 nitrogen and oxygen atoms in total. The largest absolute Gasteiger partial charge is 0.432 e. The second-order valence-electron chi connectivity index (χ2n) is 5.83. The fraction of sp³-hybridized carbons (Fsp3) is 0.316. The Morgan fingerprint density at radius 1 is 1.00 bits per heavy atom. The van der Waals surface area contributed by atoms with Gasteiger partial charge >= 0.3 is 12.0 Å². The Balaban J connectivity index is 2.15. The van der Waals surface area contributed by atoms with Crippen LogP contribution in [0.1, 0.15) is 24.2 Å². The summed E-state index contributed by atoms with van der Waals surface area (Å²) in [6.07, 6.45) is 1.21. The molecule has 1 aliphatic heterocycles. The number of ether oxygens (including phenoxy) is 2. The van der Waals surface area contributed by atoms with Gasteiger partial charge in [0, 0.05) is 37.7 Å². The third kappa shape index (κ3) is 4.66. The van der Waals surface area contributed by atoms with Gasteiger partial charge in [0.05, 0.1) is 0 Å². The van der Waals surface area contributed by atoms with Crippen LogP contribution in [0.15, 0.2) is 36.0 Å². The highest BCUT2D eigenvalue weighted by atomic mass is 16.7. The number of nitrogens with one attached hydrogen (secondary N) is 1. The number of barbiturate groups is 1. The van der Waals surface area contributed by atoms with E-state index in [1.54, 1.807) is 13.8 Å². The van der Waals surface area contributed by atoms with E-state index in [1.165, 1.54) is 37.6 Å². The lowest BCUT2D eigenvalue weighted by Gasteiger charge is -2.32. The number of anilines is 1. The number of Topliss-reactive ketones (excluding diaryl/α,β-unsaturated/α-hetero) is 1. The maximum atomic E-state index is 12.4. The van der Waals surface area contributed by atoms with Crippen LogP contribution in [0.3, 0.4) is 0 Å². The lowest BCUT2D eigenvalue weighted by molar-refractivity contribution is -0.148. The number of rotatable bonds is 8. The van der Waals surface area contributed by atoms with Gasteiger partial charge < -0.3 is 14.8 Å². The highest BCUT2D eigenvalue weighted by Crippen LogP contribution is 2.18. The lowest BCUT2D eigenvalue weighted by atomic mass is 10.1. The molecular weight excluding hydrogens is 382 g/mol. The number of esters is 1. The second kappa shape index (κ2) is 9.60. The second-order valence-corrected chi connectivity index (χ2v) is 5.83. The first-order chi connectivity index (χ1) is 13.8. The smallest absolute Gasteiger partial charge is 0.381 e. The van der Waals surface area contributed by atoms with Crippen LogP contribution in [0.25, 0.3) is 0 Å². The number of nitrogens with zero attached hydrogens (tertiary/aromatic N) is 2. The lowest BCUT2D eigenvalue weighted by Crippen LogP contribution is -2.56. The van der Waals surface area contributed by atoms with Crippen LogP contribution < -0.4 is 5.32 Å². The van der Waals surface area contributed by atoms with E-state index in [0.717, 1.165) is 9.80 Å². The fourth-order valence-electron chi connectivity index (χ4n) is 2.55. The van der Waals surface area contributed by atoms with E-state index < -0.39 is 29.6 Å². The first-order valence-electron chi connectivity index (χ1n) is 8.80. The van der Waals surface area contributed by atoms with Crippen molar-refractivity contribution < 1.29 is 33.4 Å². The Morgan fingerprint density at radius 2 is 1.55 bits per heavy atom. The molecule has 0 bridgehead atoms. The number of urea groups is 1. The summed E-state index contributed by atoms with van der Waals surface area (Å²) >= 11 is 0. The molecule has 0 spiro atoms. The molecule has 1 fully saturated rings. The van der Waals surface area contributed by atoms with Gasteiger partial charge in [0.1, 0.15) is 5.57 Å². The summed E-state index contributed by atoms with van der Waals surface area (Å²) < 4.78 is 9.16. The Morgan fingerprint density at radius 3 is 2.03 bits per heavy atom. The van der Waals surface area contributed by atoms with E-state index in [1.807, 2.05) is 0 Å². The number of carbonyl (C=O) groups excluding carboxylic acids is 5. The molecule has 1 aromatic rings. The summed E-state index contributed by atoms with van der Waals surface area (Å²) in [7, 11) is 1.32. The predicted molar refractivity (Wildman–Crippen MR) is 101 cm³/mol. The molecule has 29 heavy (non-hydrogen) atoms. The number of likely N-dealkylation sites (N-methyl/N-ethyl adjacent to an activating group) is 2. The molecule has 2 rings (SSSR count). The molecule has 1 heterocycles. The highest BCUT2D eigenvalue weighted by molar-refractivity contribution is 6.40. The molecule has 1 aromatic carbocycles. The summed E-state index contributed by atoms with van der Waals surface area (Å²) in [4.78, 5) is 62.4. The van der Waals surface area contributed by atoms with Gasteiger partial charge in [-0.15, -0.1) is 0 Å². The Hall–Kier alpha value is -3.53. The molecule has 1 N–H and O–H groups in total. The minimum Gasteiger partial charge on any atom is -0.432 e. The molecule has 0 atom stereocenters. The number of hydrogen-bond acceptors (Lipinski definition) is 8. The van der Waals surface area contributed by atoms with Crippen LogP contribution in [-0.4, -0.2) is 66.4 Å². The molecule has 4 amide bonds. The average molecular weight is 403 g/mol. The van der Waals surface area contributed by atoms with Crippen molar-refractivity contribution in [2.24, 2.45) is 0 Å². The Labute approximate surface area is 167 Å². The van der Waals surface area contributed by atoms with E-state index in [2.05, 4.69) is 14.8 Å². The molecule has 154 valence electrons. The number of methoxy groups -OCH3 is 1. The zero-order valence-corrected chi connectivity index (χ0v) is 16.3. The van der Waals surface area contributed by atoms with Crippen molar-refractivity contribution in [2.45, 2.75) is 13.8 Å². The van der Waals surface area contributed by atoms with Gasteiger partial charge in [0.2, 0.25) is 0 Å². The van der Waals surface area contributed by atoms with E-state index in [4.69, 9.17) is 0 Å². The fourth-order valence-corrected chi connectivity index (χ4v) is 2.55. The van der Waals surface area contributed by atoms with Crippen molar-refractivity contribution in [3.63, 3.8) is 0 Å². The molecule has 0 saturated carbocycles. The maximum Gasteiger partial charge on any atom is 0.381 e. The minimum atomic E-state index is -1.04. The van der Waals surface area contributed by atoms with Crippen molar-refractivity contribution in [3.8, 4) is 0 Å². The van der Waals surface area contributed by atoms with Crippen LogP contribution >= 0.6 is 0 Å². The SMILES string of the molecule is CCN1C(=O)C(=CNc2ccc(C(=O)C(=O)OCOC)cc2)C(=O)N(CC)C1=O. The number of benzene rings is 1. The van der Waals surface area contributed by atoms with Crippen LogP contribution in [0.4, 0.5) is 10.5 Å². The number of imide groups is 2. The van der Waals surface area contributed by atoms with Crippen molar-refractivity contribution in [1.29, 1.82) is 0 Å². The summed E-state index contributed by atoms with van der Waals surface area (Å²) in [6, 6.07) is 5.12. The Bertz CT molecular complexity index is 833. The van der Waals surface area contributed by atoms with Crippen molar-refractivity contribution >= 4 is 35.3 Å². The molecule has 0 unspecified atom stereocenters. The first-order valence-corrected chi connectivity index (χ1v) is 8.80. The molecule has 0 aliphatic carbocycles. The number of carbonyl (C=O) groups is 5. The number of hydrogen-bond donors (Lipinski definition) is 1. The van der Waals surface area contributed by atoms with Gasteiger partial charge in [-0.2, -0.15) is 0 Å². The van der Waals surface area contributed by atoms with E-state index in [0.29, 0.717) is 5.69 Å². The third-order valence-corrected chi connectivity index (χ3v) is 4.07. The highest BCUT2D eigenvalue weighted by Gasteiger charge is 2.40. The van der Waals surface area contributed by atoms with Gasteiger partial charge in [-0.25, -0.2) is 9.59 Å². The molecule has 1 saturated heterocycles. The zero-order valence-electron chi connectivity index (χ0n) is 16.3. The monoisotopic (exact) mass is 403 g/mol. The molecule has 1 aliphatic rings. The van der Waals surface area contributed by atoms with Crippen LogP contribution in [0.5, 0.6) is 0 Å². The molecule has 0 aromatic heterocycles. The van der Waals surface area contributed by atoms with Crippen LogP contribution in [-0.2, 0) is 23.9 Å². The van der Waals surface area contributed by atoms with E-state index in [9.17, 15) is 24.0 Å². The van der Waals surface area contributed by atoms with Crippen molar-refractivity contribution in [3.05, 3.63) is 41.6 Å². The summed E-state index contributed by atoms with van der Waals surface area (Å²) in [5.41, 5.74) is 0.383. The Kier molecular flexibility index (Phi) is 7.21. The van der Waals surface area contributed by atoms with Crippen LogP contribution in [0, 0.1) is 0 Å². The van der Waals surface area contributed by atoms with Crippen molar-refractivity contribution in [1.82, 2.24) is 9.80 Å². The van der Waals surface area contributed by atoms with Gasteiger partial charge in [-0.3, -0.25) is 24.2 Å². The van der Waals surface area contributed by atoms with E-state index >= 15 is 0 Å². The first kappa shape index (κ1) is 21.8. The number of amides is 4. The normalized spacial score (nSPS) is 14.2. The average Bonchev–Trinajstić information content (AvgIpc) is 2.72. The van der Waals surface area contributed by atoms with E-state index in [-0.39, 0.29) is 31.0 Å². The molecule has 0 radical (unpaired) electrons. The van der Waals surface area contributed by atoms with Gasteiger partial charge in [-0.1, -0.05) is 0 Å². The molecule has 10 heteroatoms. The van der Waals surface area contributed by atoms with Gasteiger partial charge in [0.15, 0.2) is 6.79 Å². The topological polar surface area (TPSA) is 122 Å². The van der Waals surface area contributed by atoms with Crippen molar-refractivity contribution in [2.75, 3.05) is 32.3 Å². The van der Waals surface area contributed by atoms with Gasteiger partial charge in [0.25, 0.3) is 17.6 Å². The summed E-state index contributed by atoms with van der Waals surface area (Å²) in [5.74, 6) is -3.25. The standard InChI is InChI=1S/C19H21N3O7/c1-4-21-16(24)14(17(25)22(5-2)19(21)27)10-20-13-8-6-12(7-9-13)15(23)18(26)29-11-28-3/h6-10,20H,4-5,11H2,1-3H3. The summed E-state index contributed by atoms with van der Waals surface area (Å²) in [5, 5.41) is 2.79.